The summed E-state index contributed by atoms with van der Waals surface area (Å²) in [6.07, 6.45) is 2.61. The zero-order valence-electron chi connectivity index (χ0n) is 7.92. The fraction of sp³-hybridized carbons (Fsp3) is 0.455. The van der Waals surface area contributed by atoms with Gasteiger partial charge in [-0.1, -0.05) is 24.3 Å². The predicted molar refractivity (Wildman–Crippen MR) is 58.4 cm³/mol. The van der Waals surface area contributed by atoms with Gasteiger partial charge in [-0.3, -0.25) is 0 Å². The molecule has 1 N–H and O–H groups in total. The van der Waals surface area contributed by atoms with E-state index in [1.807, 2.05) is 0 Å². The maximum Gasteiger partial charge on any atom is 0.0323 e. The Morgan fingerprint density at radius 2 is 2.08 bits per heavy atom. The second kappa shape index (κ2) is 4.64. The first-order valence-electron chi connectivity index (χ1n) is 4.67. The lowest BCUT2D eigenvalue weighted by Gasteiger charge is -2.12. The molecule has 0 spiro atoms. The number of rotatable bonds is 1. The molecule has 0 unspecified atom stereocenters. The Balaban J connectivity index is 0.000000845. The minimum absolute atomic E-state index is 0. The van der Waals surface area contributed by atoms with Gasteiger partial charge in [0.05, 0.1) is 0 Å². The van der Waals surface area contributed by atoms with Crippen LogP contribution in [0.15, 0.2) is 24.3 Å². The summed E-state index contributed by atoms with van der Waals surface area (Å²) in [7, 11) is 0. The summed E-state index contributed by atoms with van der Waals surface area (Å²) in [5.74, 6) is 0. The Bertz CT molecular complexity index is 267. The molecule has 72 valence electrons. The molecular weight excluding hydrogens is 182 g/mol. The Kier molecular flexibility index (Phi) is 3.76. The molecule has 1 fully saturated rings. The average Bonchev–Trinajstić information content (AvgIpc) is 2.57. The highest BCUT2D eigenvalue weighted by molar-refractivity contribution is 5.85. The first kappa shape index (κ1) is 10.6. The standard InChI is InChI=1S/C11H15N.ClH/c1-9-5-2-3-6-10(9)11-7-4-8-12-11;/h2-3,5-6,11-12H,4,7-8H2,1H3;1H/t11-;/m1./s1. The molecule has 0 radical (unpaired) electrons. The van der Waals surface area contributed by atoms with E-state index in [0.29, 0.717) is 6.04 Å². The second-order valence-corrected chi connectivity index (χ2v) is 3.51. The number of hydrogen-bond acceptors (Lipinski definition) is 1. The first-order chi connectivity index (χ1) is 5.88. The van der Waals surface area contributed by atoms with Gasteiger partial charge in [0.25, 0.3) is 0 Å². The van der Waals surface area contributed by atoms with Crippen molar-refractivity contribution in [1.29, 1.82) is 0 Å². The molecule has 1 heterocycles. The highest BCUT2D eigenvalue weighted by atomic mass is 35.5. The fourth-order valence-corrected chi connectivity index (χ4v) is 1.93. The van der Waals surface area contributed by atoms with Gasteiger partial charge in [0.15, 0.2) is 0 Å². The minimum atomic E-state index is 0. The first-order valence-corrected chi connectivity index (χ1v) is 4.67. The monoisotopic (exact) mass is 197 g/mol. The van der Waals surface area contributed by atoms with Crippen LogP contribution in [-0.4, -0.2) is 6.54 Å². The van der Waals surface area contributed by atoms with Crippen LogP contribution in [0.1, 0.15) is 30.0 Å². The van der Waals surface area contributed by atoms with E-state index in [1.165, 1.54) is 30.5 Å². The number of halogens is 1. The maximum absolute atomic E-state index is 3.51. The van der Waals surface area contributed by atoms with Gasteiger partial charge in [0, 0.05) is 6.04 Å². The van der Waals surface area contributed by atoms with E-state index in [9.17, 15) is 0 Å². The van der Waals surface area contributed by atoms with Crippen molar-refractivity contribution in [1.82, 2.24) is 5.32 Å². The molecule has 2 heteroatoms. The Morgan fingerprint density at radius 1 is 1.31 bits per heavy atom. The Labute approximate surface area is 86.0 Å². The molecule has 0 aromatic heterocycles. The van der Waals surface area contributed by atoms with Crippen molar-refractivity contribution in [3.8, 4) is 0 Å². The van der Waals surface area contributed by atoms with E-state index in [1.54, 1.807) is 0 Å². The molecule has 0 saturated carbocycles. The van der Waals surface area contributed by atoms with Crippen LogP contribution in [0.3, 0.4) is 0 Å². The Morgan fingerprint density at radius 3 is 2.69 bits per heavy atom. The van der Waals surface area contributed by atoms with Gasteiger partial charge in [-0.2, -0.15) is 0 Å². The van der Waals surface area contributed by atoms with Crippen molar-refractivity contribution in [2.75, 3.05) is 6.54 Å². The van der Waals surface area contributed by atoms with Gasteiger partial charge < -0.3 is 5.32 Å². The third-order valence-electron chi connectivity index (χ3n) is 2.62. The zero-order valence-corrected chi connectivity index (χ0v) is 8.73. The van der Waals surface area contributed by atoms with Gasteiger partial charge in [-0.15, -0.1) is 12.4 Å². The summed E-state index contributed by atoms with van der Waals surface area (Å²) in [4.78, 5) is 0. The maximum atomic E-state index is 3.51. The SMILES string of the molecule is Cc1ccccc1[C@H]1CCCN1.Cl. The lowest BCUT2D eigenvalue weighted by Crippen LogP contribution is -2.13. The molecule has 1 nitrogen and oxygen atoms in total. The van der Waals surface area contributed by atoms with Crippen LogP contribution >= 0.6 is 12.4 Å². The normalized spacial score (nSPS) is 21.2. The van der Waals surface area contributed by atoms with E-state index in [-0.39, 0.29) is 12.4 Å². The molecule has 1 saturated heterocycles. The summed E-state index contributed by atoms with van der Waals surface area (Å²) in [6.45, 7) is 3.37. The van der Waals surface area contributed by atoms with Crippen molar-refractivity contribution < 1.29 is 0 Å². The molecule has 13 heavy (non-hydrogen) atoms. The quantitative estimate of drug-likeness (QED) is 0.730. The van der Waals surface area contributed by atoms with Crippen LogP contribution in [0.4, 0.5) is 0 Å². The topological polar surface area (TPSA) is 12.0 Å². The van der Waals surface area contributed by atoms with Crippen molar-refractivity contribution in [3.63, 3.8) is 0 Å². The number of aryl methyl sites for hydroxylation is 1. The molecule has 1 aromatic rings. The number of hydrogen-bond donors (Lipinski definition) is 1. The molecule has 0 aliphatic carbocycles. The zero-order chi connectivity index (χ0) is 8.39. The lowest BCUT2D eigenvalue weighted by molar-refractivity contribution is 0.644. The van der Waals surface area contributed by atoms with E-state index in [4.69, 9.17) is 0 Å². The Hall–Kier alpha value is -0.530. The largest absolute Gasteiger partial charge is 0.310 e. The summed E-state index contributed by atoms with van der Waals surface area (Å²) >= 11 is 0. The number of nitrogens with one attached hydrogen (secondary N) is 1. The molecule has 0 bridgehead atoms. The highest BCUT2D eigenvalue weighted by Crippen LogP contribution is 2.24. The number of benzene rings is 1. The van der Waals surface area contributed by atoms with E-state index < -0.39 is 0 Å². The lowest BCUT2D eigenvalue weighted by atomic mass is 10.0. The third kappa shape index (κ3) is 2.23. The molecule has 1 aliphatic heterocycles. The predicted octanol–water partition coefficient (Wildman–Crippen LogP) is 2.84. The van der Waals surface area contributed by atoms with E-state index >= 15 is 0 Å². The summed E-state index contributed by atoms with van der Waals surface area (Å²) in [5.41, 5.74) is 2.90. The van der Waals surface area contributed by atoms with Crippen molar-refractivity contribution in [2.24, 2.45) is 0 Å². The van der Waals surface area contributed by atoms with Gasteiger partial charge in [-0.25, -0.2) is 0 Å². The fourth-order valence-electron chi connectivity index (χ4n) is 1.93. The van der Waals surface area contributed by atoms with Crippen LogP contribution < -0.4 is 5.32 Å². The van der Waals surface area contributed by atoms with Crippen LogP contribution in [-0.2, 0) is 0 Å². The van der Waals surface area contributed by atoms with Crippen LogP contribution in [0.2, 0.25) is 0 Å². The highest BCUT2D eigenvalue weighted by Gasteiger charge is 2.16. The van der Waals surface area contributed by atoms with Crippen LogP contribution in [0, 0.1) is 6.92 Å². The van der Waals surface area contributed by atoms with Crippen molar-refractivity contribution >= 4 is 12.4 Å². The molecule has 1 atom stereocenters. The van der Waals surface area contributed by atoms with Gasteiger partial charge in [-0.05, 0) is 37.4 Å². The van der Waals surface area contributed by atoms with Crippen LogP contribution in [0.25, 0.3) is 0 Å². The molecule has 0 amide bonds. The van der Waals surface area contributed by atoms with Crippen molar-refractivity contribution in [3.05, 3.63) is 35.4 Å². The van der Waals surface area contributed by atoms with Gasteiger partial charge in [0.1, 0.15) is 0 Å². The van der Waals surface area contributed by atoms with Crippen molar-refractivity contribution in [2.45, 2.75) is 25.8 Å². The molecule has 1 aromatic carbocycles. The summed E-state index contributed by atoms with van der Waals surface area (Å²) < 4.78 is 0. The second-order valence-electron chi connectivity index (χ2n) is 3.51. The van der Waals surface area contributed by atoms with E-state index in [2.05, 4.69) is 36.5 Å². The summed E-state index contributed by atoms with van der Waals surface area (Å²) in [5, 5.41) is 3.51. The molecule has 2 rings (SSSR count). The molecule has 1 aliphatic rings. The molecular formula is C11H16ClN. The third-order valence-corrected chi connectivity index (χ3v) is 2.62. The van der Waals surface area contributed by atoms with Crippen LogP contribution in [0.5, 0.6) is 0 Å². The van der Waals surface area contributed by atoms with E-state index in [0.717, 1.165) is 0 Å². The van der Waals surface area contributed by atoms with Gasteiger partial charge >= 0.3 is 0 Å². The minimum Gasteiger partial charge on any atom is -0.310 e. The summed E-state index contributed by atoms with van der Waals surface area (Å²) in [6, 6.07) is 9.27. The smallest absolute Gasteiger partial charge is 0.0323 e. The average molecular weight is 198 g/mol. The van der Waals surface area contributed by atoms with Gasteiger partial charge in [0.2, 0.25) is 0 Å².